The van der Waals surface area contributed by atoms with E-state index in [4.69, 9.17) is 26.8 Å². The molecule has 152 valence electrons. The van der Waals surface area contributed by atoms with E-state index in [1.54, 1.807) is 21.2 Å². The van der Waals surface area contributed by atoms with Crippen molar-refractivity contribution in [3.8, 4) is 6.01 Å². The molecule has 0 atom stereocenters. The van der Waals surface area contributed by atoms with Crippen LogP contribution >= 0.6 is 11.6 Å². The number of methoxy groups -OCH3 is 1. The van der Waals surface area contributed by atoms with Crippen molar-refractivity contribution < 1.29 is 14.3 Å². The van der Waals surface area contributed by atoms with Gasteiger partial charge in [-0.05, 0) is 6.42 Å². The van der Waals surface area contributed by atoms with Crippen molar-refractivity contribution in [1.82, 2.24) is 14.9 Å². The number of aliphatic imine (C=N–C) groups is 1. The second-order valence-electron chi connectivity index (χ2n) is 6.79. The van der Waals surface area contributed by atoms with Crippen LogP contribution in [-0.2, 0) is 22.6 Å². The first-order valence-electron chi connectivity index (χ1n) is 9.09. The Balaban J connectivity index is 1.95. The number of nitrogens with zero attached hydrogens (tertiary/aromatic N) is 5. The summed E-state index contributed by atoms with van der Waals surface area (Å²) >= 11 is 6.44. The molecule has 1 amide bonds. The number of fused-ring (bicyclic) bond motifs is 1. The minimum absolute atomic E-state index is 0.0158. The highest BCUT2D eigenvalue weighted by molar-refractivity contribution is 6.45. The number of halogens is 1. The lowest BCUT2D eigenvalue weighted by Crippen LogP contribution is -2.34. The average molecular weight is 409 g/mol. The number of aromatic nitrogens is 2. The van der Waals surface area contributed by atoms with Crippen LogP contribution < -0.4 is 15.4 Å². The Kier molecular flexibility index (Phi) is 6.35. The normalized spacial score (nSPS) is 17.9. The summed E-state index contributed by atoms with van der Waals surface area (Å²) in [5, 5.41) is 0.178. The molecule has 0 unspecified atom stereocenters. The summed E-state index contributed by atoms with van der Waals surface area (Å²) in [5.74, 6) is 0.399. The number of likely N-dealkylation sites (N-methyl/N-ethyl adjacent to an activating group) is 1. The Bertz CT molecular complexity index is 824. The van der Waals surface area contributed by atoms with E-state index in [-0.39, 0.29) is 16.6 Å². The van der Waals surface area contributed by atoms with Gasteiger partial charge in [-0.25, -0.2) is 0 Å². The Morgan fingerprint density at radius 2 is 2.14 bits per heavy atom. The van der Waals surface area contributed by atoms with Gasteiger partial charge in [0.15, 0.2) is 0 Å². The molecule has 9 nitrogen and oxygen atoms in total. The van der Waals surface area contributed by atoms with Gasteiger partial charge in [-0.3, -0.25) is 9.79 Å². The third-order valence-corrected chi connectivity index (χ3v) is 5.04. The van der Waals surface area contributed by atoms with Crippen LogP contribution in [0.15, 0.2) is 15.7 Å². The van der Waals surface area contributed by atoms with Crippen molar-refractivity contribution in [3.05, 3.63) is 22.0 Å². The first-order valence-corrected chi connectivity index (χ1v) is 9.47. The third kappa shape index (κ3) is 4.20. The fourth-order valence-corrected chi connectivity index (χ4v) is 3.34. The summed E-state index contributed by atoms with van der Waals surface area (Å²) in [6.07, 6.45) is 1.53. The summed E-state index contributed by atoms with van der Waals surface area (Å²) in [5.41, 5.74) is 8.40. The van der Waals surface area contributed by atoms with Crippen molar-refractivity contribution in [2.45, 2.75) is 19.4 Å². The molecule has 0 aliphatic carbocycles. The molecule has 1 aromatic rings. The van der Waals surface area contributed by atoms with Crippen LogP contribution in [0.5, 0.6) is 6.01 Å². The number of amides is 1. The molecular formula is C18H25ClN6O3. The molecule has 0 radical (unpaired) electrons. The maximum Gasteiger partial charge on any atom is 0.318 e. The molecular weight excluding hydrogens is 384 g/mol. The van der Waals surface area contributed by atoms with E-state index in [0.717, 1.165) is 30.0 Å². The highest BCUT2D eigenvalue weighted by atomic mass is 35.5. The fourth-order valence-electron chi connectivity index (χ4n) is 3.14. The first kappa shape index (κ1) is 20.3. The van der Waals surface area contributed by atoms with Gasteiger partial charge in [-0.1, -0.05) is 11.6 Å². The van der Waals surface area contributed by atoms with E-state index in [0.29, 0.717) is 44.4 Å². The molecule has 0 saturated heterocycles. The molecule has 28 heavy (non-hydrogen) atoms. The Morgan fingerprint density at radius 1 is 1.36 bits per heavy atom. The fraction of sp³-hybridized carbons (Fsp3) is 0.556. The Morgan fingerprint density at radius 3 is 2.86 bits per heavy atom. The number of ether oxygens (including phenoxy) is 2. The number of hydrogen-bond donors (Lipinski definition) is 1. The summed E-state index contributed by atoms with van der Waals surface area (Å²) in [6, 6.07) is 0.322. The van der Waals surface area contributed by atoms with Gasteiger partial charge in [-0.15, -0.1) is 0 Å². The van der Waals surface area contributed by atoms with Gasteiger partial charge in [0, 0.05) is 39.2 Å². The monoisotopic (exact) mass is 408 g/mol. The molecule has 0 saturated carbocycles. The molecule has 10 heteroatoms. The van der Waals surface area contributed by atoms with Crippen LogP contribution in [0.1, 0.15) is 17.7 Å². The number of anilines is 1. The van der Waals surface area contributed by atoms with Crippen molar-refractivity contribution in [1.29, 1.82) is 0 Å². The van der Waals surface area contributed by atoms with Crippen molar-refractivity contribution in [2.24, 2.45) is 10.7 Å². The minimum atomic E-state index is -0.349. The SMILES string of the molecule is COc1nc2c(c(N3CCCN=C(/C(Cl)=C(\N)C(=O)N(C)C)C3)n1)COCC2. The maximum absolute atomic E-state index is 12.2. The van der Waals surface area contributed by atoms with Crippen LogP contribution in [0.2, 0.25) is 0 Å². The number of nitrogens with two attached hydrogens (primary N) is 1. The minimum Gasteiger partial charge on any atom is -0.467 e. The number of rotatable bonds is 4. The average Bonchev–Trinajstić information content (AvgIpc) is 2.97. The van der Waals surface area contributed by atoms with Crippen LogP contribution in [0.4, 0.5) is 5.82 Å². The van der Waals surface area contributed by atoms with Crippen LogP contribution in [0.3, 0.4) is 0 Å². The summed E-state index contributed by atoms with van der Waals surface area (Å²) < 4.78 is 10.9. The lowest BCUT2D eigenvalue weighted by molar-refractivity contribution is -0.124. The molecule has 3 heterocycles. The van der Waals surface area contributed by atoms with Crippen LogP contribution in [0, 0.1) is 0 Å². The van der Waals surface area contributed by atoms with Gasteiger partial charge < -0.3 is 25.0 Å². The lowest BCUT2D eigenvalue weighted by atomic mass is 10.1. The Labute approximate surface area is 169 Å². The smallest absolute Gasteiger partial charge is 0.318 e. The van der Waals surface area contributed by atoms with E-state index < -0.39 is 0 Å². The van der Waals surface area contributed by atoms with Gasteiger partial charge in [0.05, 0.1) is 43.3 Å². The topological polar surface area (TPSA) is 106 Å². The maximum atomic E-state index is 12.2. The van der Waals surface area contributed by atoms with Crippen molar-refractivity contribution >= 4 is 29.0 Å². The highest BCUT2D eigenvalue weighted by Gasteiger charge is 2.26. The first-order chi connectivity index (χ1) is 13.4. The standard InChI is InChI=1S/C18H25ClN6O3/c1-24(2)17(26)15(20)14(19)13-9-25(7-4-6-21-13)16-11-10-28-8-5-12(11)22-18(23-16)27-3/h4-10,20H2,1-3H3/b15-14+. The molecule has 3 rings (SSSR count). The quantitative estimate of drug-likeness (QED) is 0.731. The Hall–Kier alpha value is -2.39. The van der Waals surface area contributed by atoms with E-state index in [1.165, 1.54) is 4.90 Å². The zero-order valence-corrected chi connectivity index (χ0v) is 17.1. The van der Waals surface area contributed by atoms with Crippen LogP contribution in [0.25, 0.3) is 0 Å². The molecule has 0 aromatic carbocycles. The van der Waals surface area contributed by atoms with Gasteiger partial charge in [0.25, 0.3) is 5.91 Å². The van der Waals surface area contributed by atoms with Gasteiger partial charge in [0.2, 0.25) is 0 Å². The molecule has 2 N–H and O–H groups in total. The molecule has 0 bridgehead atoms. The van der Waals surface area contributed by atoms with E-state index in [2.05, 4.69) is 19.9 Å². The van der Waals surface area contributed by atoms with Crippen molar-refractivity contribution in [2.75, 3.05) is 52.3 Å². The summed E-state index contributed by atoms with van der Waals surface area (Å²) in [4.78, 5) is 29.2. The molecule has 2 aliphatic heterocycles. The summed E-state index contributed by atoms with van der Waals surface area (Å²) in [6.45, 7) is 2.77. The predicted octanol–water partition coefficient (Wildman–Crippen LogP) is 0.706. The number of carbonyl (C=O) groups is 1. The third-order valence-electron chi connectivity index (χ3n) is 4.62. The van der Waals surface area contributed by atoms with E-state index in [9.17, 15) is 4.79 Å². The number of hydrogen-bond acceptors (Lipinski definition) is 8. The van der Waals surface area contributed by atoms with Gasteiger partial charge >= 0.3 is 6.01 Å². The van der Waals surface area contributed by atoms with Gasteiger partial charge in [0.1, 0.15) is 11.5 Å². The zero-order valence-electron chi connectivity index (χ0n) is 16.4. The lowest BCUT2D eigenvalue weighted by Gasteiger charge is -2.28. The summed E-state index contributed by atoms with van der Waals surface area (Å²) in [7, 11) is 4.80. The van der Waals surface area contributed by atoms with E-state index in [1.807, 2.05) is 0 Å². The highest BCUT2D eigenvalue weighted by Crippen LogP contribution is 2.29. The molecule has 0 spiro atoms. The molecule has 1 aromatic heterocycles. The largest absolute Gasteiger partial charge is 0.467 e. The second kappa shape index (κ2) is 8.74. The molecule has 0 fully saturated rings. The van der Waals surface area contributed by atoms with Gasteiger partial charge in [-0.2, -0.15) is 9.97 Å². The van der Waals surface area contributed by atoms with Crippen molar-refractivity contribution in [3.63, 3.8) is 0 Å². The number of carbonyl (C=O) groups excluding carboxylic acids is 1. The zero-order chi connectivity index (χ0) is 20.3. The second-order valence-corrected chi connectivity index (χ2v) is 7.17. The van der Waals surface area contributed by atoms with E-state index >= 15 is 0 Å². The molecule has 2 aliphatic rings. The predicted molar refractivity (Wildman–Crippen MR) is 107 cm³/mol. The van der Waals surface area contributed by atoms with Crippen LogP contribution in [-0.4, -0.2) is 73.9 Å².